The van der Waals surface area contributed by atoms with Crippen LogP contribution in [0.2, 0.25) is 0 Å². The van der Waals surface area contributed by atoms with E-state index in [-0.39, 0.29) is 0 Å². The van der Waals surface area contributed by atoms with Crippen LogP contribution in [0.4, 0.5) is 0 Å². The summed E-state index contributed by atoms with van der Waals surface area (Å²) < 4.78 is 5.11. The summed E-state index contributed by atoms with van der Waals surface area (Å²) in [5.41, 5.74) is 2.82. The first kappa shape index (κ1) is 11.7. The van der Waals surface area contributed by atoms with Gasteiger partial charge in [0.15, 0.2) is 5.82 Å². The van der Waals surface area contributed by atoms with Crippen molar-refractivity contribution >= 4 is 11.8 Å². The molecule has 0 aliphatic carbocycles. The Hall–Kier alpha value is -1.33. The average Bonchev–Trinajstić information content (AvgIpc) is 2.82. The van der Waals surface area contributed by atoms with Crippen LogP contribution in [0.25, 0.3) is 0 Å². The Kier molecular flexibility index (Phi) is 3.34. The molecule has 0 amide bonds. The van der Waals surface area contributed by atoms with E-state index in [2.05, 4.69) is 39.7 Å². The second kappa shape index (κ2) is 5.12. The van der Waals surface area contributed by atoms with Crippen LogP contribution in [0.1, 0.15) is 28.9 Å². The Labute approximate surface area is 110 Å². The average molecular weight is 261 g/mol. The number of nitrogens with one attached hydrogen (secondary N) is 1. The zero-order valence-electron chi connectivity index (χ0n) is 10.2. The molecule has 0 saturated heterocycles. The van der Waals surface area contributed by atoms with Crippen molar-refractivity contribution in [3.8, 4) is 0 Å². The molecule has 4 nitrogen and oxygen atoms in total. The molecule has 1 aliphatic rings. The van der Waals surface area contributed by atoms with E-state index in [1.807, 2.05) is 18.7 Å². The van der Waals surface area contributed by atoms with E-state index in [0.29, 0.717) is 24.3 Å². The Morgan fingerprint density at radius 2 is 2.33 bits per heavy atom. The molecular formula is C13H15N3OS. The van der Waals surface area contributed by atoms with Crippen molar-refractivity contribution in [2.45, 2.75) is 25.3 Å². The Morgan fingerprint density at radius 1 is 1.44 bits per heavy atom. The molecule has 0 bridgehead atoms. The molecule has 18 heavy (non-hydrogen) atoms. The minimum absolute atomic E-state index is 0.368. The molecule has 0 spiro atoms. The van der Waals surface area contributed by atoms with Crippen molar-refractivity contribution in [1.82, 2.24) is 15.5 Å². The quantitative estimate of drug-likeness (QED) is 0.919. The maximum absolute atomic E-state index is 5.11. The number of benzene rings is 1. The van der Waals surface area contributed by atoms with Gasteiger partial charge in [-0.1, -0.05) is 29.4 Å². The molecule has 0 saturated carbocycles. The number of thioether (sulfide) groups is 1. The van der Waals surface area contributed by atoms with Gasteiger partial charge in [0.25, 0.3) is 0 Å². The molecule has 0 radical (unpaired) electrons. The molecule has 2 aromatic rings. The summed E-state index contributed by atoms with van der Waals surface area (Å²) in [5, 5.41) is 7.28. The fourth-order valence-electron chi connectivity index (χ4n) is 2.17. The van der Waals surface area contributed by atoms with Crippen LogP contribution >= 0.6 is 11.8 Å². The first-order valence-corrected chi connectivity index (χ1v) is 7.16. The van der Waals surface area contributed by atoms with Gasteiger partial charge in [0.05, 0.1) is 6.54 Å². The largest absolute Gasteiger partial charge is 0.338 e. The van der Waals surface area contributed by atoms with Gasteiger partial charge in [-0.2, -0.15) is 16.7 Å². The summed E-state index contributed by atoms with van der Waals surface area (Å²) in [7, 11) is 0. The number of rotatable bonds is 3. The Morgan fingerprint density at radius 3 is 3.17 bits per heavy atom. The minimum Gasteiger partial charge on any atom is -0.338 e. The Balaban J connectivity index is 1.71. The maximum atomic E-state index is 5.11. The summed E-state index contributed by atoms with van der Waals surface area (Å²) in [6, 6.07) is 8.97. The van der Waals surface area contributed by atoms with Crippen LogP contribution in [0.15, 0.2) is 28.8 Å². The molecule has 1 N–H and O–H groups in total. The van der Waals surface area contributed by atoms with E-state index in [1.165, 1.54) is 11.1 Å². The molecule has 1 aromatic carbocycles. The third-order valence-electron chi connectivity index (χ3n) is 3.04. The van der Waals surface area contributed by atoms with Crippen LogP contribution in [0, 0.1) is 6.92 Å². The fourth-order valence-corrected chi connectivity index (χ4v) is 3.31. The molecule has 1 unspecified atom stereocenters. The van der Waals surface area contributed by atoms with E-state index in [0.717, 1.165) is 11.5 Å². The standard InChI is InChI=1S/C13H15N3OS/c1-9-15-13(17-16-9)6-14-12-8-18-7-10-4-2-3-5-11(10)12/h2-5,12,14H,6-8H2,1H3. The molecule has 94 valence electrons. The van der Waals surface area contributed by atoms with Crippen molar-refractivity contribution in [3.63, 3.8) is 0 Å². The Bertz CT molecular complexity index is 541. The highest BCUT2D eigenvalue weighted by molar-refractivity contribution is 7.98. The second-order valence-electron chi connectivity index (χ2n) is 4.38. The van der Waals surface area contributed by atoms with Crippen molar-refractivity contribution in [3.05, 3.63) is 47.1 Å². The van der Waals surface area contributed by atoms with E-state index < -0.39 is 0 Å². The number of aromatic nitrogens is 2. The van der Waals surface area contributed by atoms with Crippen molar-refractivity contribution in [2.75, 3.05) is 5.75 Å². The van der Waals surface area contributed by atoms with Gasteiger partial charge in [-0.05, 0) is 18.1 Å². The molecule has 2 heterocycles. The lowest BCUT2D eigenvalue weighted by Gasteiger charge is -2.25. The zero-order valence-corrected chi connectivity index (χ0v) is 11.0. The van der Waals surface area contributed by atoms with Crippen molar-refractivity contribution in [1.29, 1.82) is 0 Å². The molecular weight excluding hydrogens is 246 g/mol. The van der Waals surface area contributed by atoms with E-state index in [4.69, 9.17) is 4.52 Å². The van der Waals surface area contributed by atoms with Crippen LogP contribution < -0.4 is 5.32 Å². The number of hydrogen-bond donors (Lipinski definition) is 1. The predicted octanol–water partition coefficient (Wildman–Crippen LogP) is 2.46. The van der Waals surface area contributed by atoms with Gasteiger partial charge in [0.1, 0.15) is 0 Å². The van der Waals surface area contributed by atoms with Gasteiger partial charge >= 0.3 is 0 Å². The van der Waals surface area contributed by atoms with Gasteiger partial charge in [-0.15, -0.1) is 0 Å². The third kappa shape index (κ3) is 2.42. The van der Waals surface area contributed by atoms with E-state index in [1.54, 1.807) is 0 Å². The maximum Gasteiger partial charge on any atom is 0.240 e. The second-order valence-corrected chi connectivity index (χ2v) is 5.41. The van der Waals surface area contributed by atoms with Crippen LogP contribution in [0.5, 0.6) is 0 Å². The topological polar surface area (TPSA) is 51.0 Å². The highest BCUT2D eigenvalue weighted by Crippen LogP contribution is 2.31. The number of fused-ring (bicyclic) bond motifs is 1. The van der Waals surface area contributed by atoms with Gasteiger partial charge in [0, 0.05) is 17.5 Å². The number of aryl methyl sites for hydroxylation is 1. The molecule has 5 heteroatoms. The zero-order chi connectivity index (χ0) is 12.4. The number of nitrogens with zero attached hydrogens (tertiary/aromatic N) is 2. The summed E-state index contributed by atoms with van der Waals surface area (Å²) in [6.45, 7) is 2.46. The van der Waals surface area contributed by atoms with Gasteiger partial charge in [0.2, 0.25) is 5.89 Å². The normalized spacial score (nSPS) is 18.6. The van der Waals surface area contributed by atoms with Crippen molar-refractivity contribution in [2.24, 2.45) is 0 Å². The smallest absolute Gasteiger partial charge is 0.240 e. The molecule has 1 aromatic heterocycles. The highest BCUT2D eigenvalue weighted by atomic mass is 32.2. The van der Waals surface area contributed by atoms with Crippen LogP contribution in [-0.4, -0.2) is 15.9 Å². The summed E-state index contributed by atoms with van der Waals surface area (Å²) in [4.78, 5) is 4.20. The monoisotopic (exact) mass is 261 g/mol. The highest BCUT2D eigenvalue weighted by Gasteiger charge is 2.20. The van der Waals surface area contributed by atoms with Crippen LogP contribution in [-0.2, 0) is 12.3 Å². The van der Waals surface area contributed by atoms with Crippen LogP contribution in [0.3, 0.4) is 0 Å². The summed E-state index contributed by atoms with van der Waals surface area (Å²) in [6.07, 6.45) is 0. The lowest BCUT2D eigenvalue weighted by atomic mass is 10.0. The van der Waals surface area contributed by atoms with Gasteiger partial charge in [-0.25, -0.2) is 0 Å². The first-order chi connectivity index (χ1) is 8.83. The first-order valence-electron chi connectivity index (χ1n) is 6.01. The van der Waals surface area contributed by atoms with Gasteiger partial charge in [-0.3, -0.25) is 0 Å². The fraction of sp³-hybridized carbons (Fsp3) is 0.385. The van der Waals surface area contributed by atoms with Crippen molar-refractivity contribution < 1.29 is 4.52 Å². The lowest BCUT2D eigenvalue weighted by Crippen LogP contribution is -2.26. The molecule has 1 atom stereocenters. The number of hydrogen-bond acceptors (Lipinski definition) is 5. The molecule has 3 rings (SSSR count). The van der Waals surface area contributed by atoms with E-state index in [9.17, 15) is 0 Å². The lowest BCUT2D eigenvalue weighted by molar-refractivity contribution is 0.357. The molecule has 0 fully saturated rings. The molecule has 1 aliphatic heterocycles. The summed E-state index contributed by atoms with van der Waals surface area (Å²) >= 11 is 1.96. The minimum atomic E-state index is 0.368. The third-order valence-corrected chi connectivity index (χ3v) is 4.13. The van der Waals surface area contributed by atoms with Gasteiger partial charge < -0.3 is 9.84 Å². The summed E-state index contributed by atoms with van der Waals surface area (Å²) in [5.74, 6) is 3.53. The predicted molar refractivity (Wildman–Crippen MR) is 71.2 cm³/mol. The SMILES string of the molecule is Cc1noc(CNC2CSCc3ccccc32)n1. The van der Waals surface area contributed by atoms with E-state index >= 15 is 0 Å².